The number of nitrogens with one attached hydrogen (secondary N) is 1. The van der Waals surface area contributed by atoms with Crippen LogP contribution in [0.15, 0.2) is 23.1 Å². The molecule has 1 fully saturated rings. The molecule has 1 heterocycles. The standard InChI is InChI=1S/C16H25ClN2O2S/c1-12(2)19-9-7-14(8-10-19)11-18-22(20,21)16-6-4-5-15(17)13(16)3/h4-6,12,14,18H,7-11H2,1-3H3. The van der Waals surface area contributed by atoms with Crippen LogP contribution in [0.2, 0.25) is 5.02 Å². The van der Waals surface area contributed by atoms with E-state index in [0.717, 1.165) is 25.9 Å². The summed E-state index contributed by atoms with van der Waals surface area (Å²) in [5, 5.41) is 0.480. The maximum atomic E-state index is 12.4. The average Bonchev–Trinajstić information content (AvgIpc) is 2.48. The van der Waals surface area contributed by atoms with Crippen molar-refractivity contribution in [3.8, 4) is 0 Å². The van der Waals surface area contributed by atoms with E-state index in [1.807, 2.05) is 0 Å². The third-order valence-corrected chi connectivity index (χ3v) is 6.43. The Labute approximate surface area is 138 Å². The summed E-state index contributed by atoms with van der Waals surface area (Å²) in [7, 11) is -3.49. The van der Waals surface area contributed by atoms with Gasteiger partial charge in [0, 0.05) is 17.6 Å². The first kappa shape index (κ1) is 17.7. The van der Waals surface area contributed by atoms with Gasteiger partial charge in [-0.1, -0.05) is 17.7 Å². The maximum absolute atomic E-state index is 12.4. The summed E-state index contributed by atoms with van der Waals surface area (Å²) in [4.78, 5) is 2.71. The van der Waals surface area contributed by atoms with Crippen molar-refractivity contribution >= 4 is 21.6 Å². The van der Waals surface area contributed by atoms with Crippen LogP contribution in [-0.4, -0.2) is 39.0 Å². The van der Waals surface area contributed by atoms with Gasteiger partial charge in [0.25, 0.3) is 0 Å². The summed E-state index contributed by atoms with van der Waals surface area (Å²) in [5.74, 6) is 0.407. The molecule has 2 rings (SSSR count). The third kappa shape index (κ3) is 4.22. The summed E-state index contributed by atoms with van der Waals surface area (Å²) >= 11 is 6.02. The lowest BCUT2D eigenvalue weighted by Gasteiger charge is -2.34. The Bertz CT molecular complexity index is 609. The van der Waals surface area contributed by atoms with Crippen molar-refractivity contribution in [2.45, 2.75) is 44.6 Å². The molecule has 1 aliphatic rings. The molecular formula is C16H25ClN2O2S. The predicted octanol–water partition coefficient (Wildman–Crippen LogP) is 3.05. The zero-order valence-electron chi connectivity index (χ0n) is 13.5. The number of rotatable bonds is 5. The fourth-order valence-corrected chi connectivity index (χ4v) is 4.47. The van der Waals surface area contributed by atoms with Crippen molar-refractivity contribution < 1.29 is 8.42 Å². The lowest BCUT2D eigenvalue weighted by atomic mass is 9.96. The topological polar surface area (TPSA) is 49.4 Å². The lowest BCUT2D eigenvalue weighted by molar-refractivity contribution is 0.151. The van der Waals surface area contributed by atoms with Gasteiger partial charge in [-0.25, -0.2) is 13.1 Å². The number of nitrogens with zero attached hydrogens (tertiary/aromatic N) is 1. The molecule has 1 aromatic rings. The highest BCUT2D eigenvalue weighted by Gasteiger charge is 2.24. The van der Waals surface area contributed by atoms with E-state index in [1.165, 1.54) is 0 Å². The Morgan fingerprint density at radius 2 is 1.95 bits per heavy atom. The van der Waals surface area contributed by atoms with Gasteiger partial charge in [0.05, 0.1) is 4.90 Å². The first-order chi connectivity index (χ1) is 10.3. The number of hydrogen-bond donors (Lipinski definition) is 1. The van der Waals surface area contributed by atoms with E-state index >= 15 is 0 Å². The highest BCUT2D eigenvalue weighted by molar-refractivity contribution is 7.89. The molecule has 1 saturated heterocycles. The van der Waals surface area contributed by atoms with E-state index in [2.05, 4.69) is 23.5 Å². The Balaban J connectivity index is 1.95. The second-order valence-corrected chi connectivity index (χ2v) is 8.43. The minimum atomic E-state index is -3.49. The first-order valence-electron chi connectivity index (χ1n) is 7.80. The molecule has 22 heavy (non-hydrogen) atoms. The SMILES string of the molecule is Cc1c(Cl)cccc1S(=O)(=O)NCC1CCN(C(C)C)CC1. The Kier molecular flexibility index (Phi) is 5.88. The lowest BCUT2D eigenvalue weighted by Crippen LogP contribution is -2.41. The molecule has 0 amide bonds. The van der Waals surface area contributed by atoms with Crippen LogP contribution in [0.5, 0.6) is 0 Å². The van der Waals surface area contributed by atoms with E-state index in [1.54, 1.807) is 25.1 Å². The van der Waals surface area contributed by atoms with Crippen LogP contribution < -0.4 is 4.72 Å². The normalized spacial score (nSPS) is 18.0. The van der Waals surface area contributed by atoms with Gasteiger partial charge in [-0.05, 0) is 70.3 Å². The van der Waals surface area contributed by atoms with E-state index < -0.39 is 10.0 Å². The minimum absolute atomic E-state index is 0.277. The summed E-state index contributed by atoms with van der Waals surface area (Å²) in [6.07, 6.45) is 2.07. The van der Waals surface area contributed by atoms with Crippen molar-refractivity contribution in [3.63, 3.8) is 0 Å². The Morgan fingerprint density at radius 1 is 1.32 bits per heavy atom. The zero-order chi connectivity index (χ0) is 16.3. The van der Waals surface area contributed by atoms with Crippen LogP contribution in [0.25, 0.3) is 0 Å². The average molecular weight is 345 g/mol. The molecule has 1 aromatic carbocycles. The molecule has 0 atom stereocenters. The van der Waals surface area contributed by atoms with Gasteiger partial charge in [-0.2, -0.15) is 0 Å². The molecule has 1 N–H and O–H groups in total. The van der Waals surface area contributed by atoms with Gasteiger partial charge in [0.15, 0.2) is 0 Å². The number of piperidine rings is 1. The second-order valence-electron chi connectivity index (χ2n) is 6.29. The van der Waals surface area contributed by atoms with Crippen LogP contribution in [0, 0.1) is 12.8 Å². The second kappa shape index (κ2) is 7.30. The summed E-state index contributed by atoms with van der Waals surface area (Å²) < 4.78 is 27.6. The summed E-state index contributed by atoms with van der Waals surface area (Å²) in [6.45, 7) is 8.72. The van der Waals surface area contributed by atoms with Crippen LogP contribution in [-0.2, 0) is 10.0 Å². The smallest absolute Gasteiger partial charge is 0.240 e. The molecule has 0 spiro atoms. The minimum Gasteiger partial charge on any atom is -0.301 e. The molecule has 0 saturated carbocycles. The molecular weight excluding hydrogens is 320 g/mol. The van der Waals surface area contributed by atoms with Gasteiger partial charge in [-0.15, -0.1) is 0 Å². The van der Waals surface area contributed by atoms with E-state index in [9.17, 15) is 8.42 Å². The highest BCUT2D eigenvalue weighted by atomic mass is 35.5. The molecule has 4 nitrogen and oxygen atoms in total. The van der Waals surface area contributed by atoms with Crippen LogP contribution in [0.1, 0.15) is 32.3 Å². The van der Waals surface area contributed by atoms with Crippen LogP contribution in [0.4, 0.5) is 0 Å². The Morgan fingerprint density at radius 3 is 2.55 bits per heavy atom. The van der Waals surface area contributed by atoms with Crippen LogP contribution >= 0.6 is 11.6 Å². The van der Waals surface area contributed by atoms with Crippen LogP contribution in [0.3, 0.4) is 0 Å². The van der Waals surface area contributed by atoms with Crippen molar-refractivity contribution in [3.05, 3.63) is 28.8 Å². The van der Waals surface area contributed by atoms with Crippen molar-refractivity contribution in [1.82, 2.24) is 9.62 Å². The molecule has 6 heteroatoms. The third-order valence-electron chi connectivity index (χ3n) is 4.45. The fourth-order valence-electron chi connectivity index (χ4n) is 2.86. The van der Waals surface area contributed by atoms with Gasteiger partial charge >= 0.3 is 0 Å². The molecule has 0 unspecified atom stereocenters. The van der Waals surface area contributed by atoms with E-state index in [4.69, 9.17) is 11.6 Å². The number of hydrogen-bond acceptors (Lipinski definition) is 3. The number of sulfonamides is 1. The van der Waals surface area contributed by atoms with Crippen molar-refractivity contribution in [2.24, 2.45) is 5.92 Å². The van der Waals surface area contributed by atoms with Gasteiger partial charge in [-0.3, -0.25) is 0 Å². The van der Waals surface area contributed by atoms with E-state index in [-0.39, 0.29) is 4.90 Å². The highest BCUT2D eigenvalue weighted by Crippen LogP contribution is 2.23. The first-order valence-corrected chi connectivity index (χ1v) is 9.66. The Hall–Kier alpha value is -0.620. The molecule has 124 valence electrons. The number of halogens is 1. The fraction of sp³-hybridized carbons (Fsp3) is 0.625. The number of likely N-dealkylation sites (tertiary alicyclic amines) is 1. The molecule has 0 aromatic heterocycles. The summed E-state index contributed by atoms with van der Waals surface area (Å²) in [5.41, 5.74) is 0.603. The van der Waals surface area contributed by atoms with Crippen molar-refractivity contribution in [1.29, 1.82) is 0 Å². The van der Waals surface area contributed by atoms with Crippen molar-refractivity contribution in [2.75, 3.05) is 19.6 Å². The largest absolute Gasteiger partial charge is 0.301 e. The molecule has 1 aliphatic heterocycles. The van der Waals surface area contributed by atoms with Gasteiger partial charge in [0.1, 0.15) is 0 Å². The summed E-state index contributed by atoms with van der Waals surface area (Å²) in [6, 6.07) is 5.54. The monoisotopic (exact) mass is 344 g/mol. The van der Waals surface area contributed by atoms with Gasteiger partial charge in [0.2, 0.25) is 10.0 Å². The van der Waals surface area contributed by atoms with Gasteiger partial charge < -0.3 is 4.90 Å². The molecule has 0 bridgehead atoms. The maximum Gasteiger partial charge on any atom is 0.240 e. The number of benzene rings is 1. The zero-order valence-corrected chi connectivity index (χ0v) is 15.0. The predicted molar refractivity (Wildman–Crippen MR) is 90.8 cm³/mol. The molecule has 0 aliphatic carbocycles. The van der Waals surface area contributed by atoms with E-state index in [0.29, 0.717) is 29.1 Å². The quantitative estimate of drug-likeness (QED) is 0.893. The molecule has 0 radical (unpaired) electrons.